The van der Waals surface area contributed by atoms with Gasteiger partial charge in [0.25, 0.3) is 5.69 Å². The van der Waals surface area contributed by atoms with E-state index >= 15 is 0 Å². The van der Waals surface area contributed by atoms with Crippen LogP contribution in [0.3, 0.4) is 0 Å². The summed E-state index contributed by atoms with van der Waals surface area (Å²) >= 11 is 1.54. The van der Waals surface area contributed by atoms with Crippen molar-refractivity contribution in [3.63, 3.8) is 0 Å². The first-order valence-electron chi connectivity index (χ1n) is 3.86. The molecule has 13 heavy (non-hydrogen) atoms. The molecule has 4 heteroatoms. The summed E-state index contributed by atoms with van der Waals surface area (Å²) in [5.74, 6) is 0. The SMILES string of the molecule is CSc1cc(C)cc([N+](=O)[O-])c1C. The second kappa shape index (κ2) is 3.79. The van der Waals surface area contributed by atoms with Crippen molar-refractivity contribution >= 4 is 17.4 Å². The molecule has 0 radical (unpaired) electrons. The average molecular weight is 197 g/mol. The molecule has 0 saturated heterocycles. The molecule has 0 spiro atoms. The smallest absolute Gasteiger partial charge is 0.258 e. The summed E-state index contributed by atoms with van der Waals surface area (Å²) in [5, 5.41) is 10.6. The average Bonchev–Trinajstić information content (AvgIpc) is 2.08. The lowest BCUT2D eigenvalue weighted by Gasteiger charge is -2.04. The van der Waals surface area contributed by atoms with Crippen LogP contribution in [0.4, 0.5) is 5.69 Å². The van der Waals surface area contributed by atoms with Gasteiger partial charge in [-0.2, -0.15) is 0 Å². The highest BCUT2D eigenvalue weighted by molar-refractivity contribution is 7.98. The molecular weight excluding hydrogens is 186 g/mol. The van der Waals surface area contributed by atoms with Crippen LogP contribution in [0.5, 0.6) is 0 Å². The molecule has 0 aliphatic heterocycles. The second-order valence-corrected chi connectivity index (χ2v) is 3.72. The normalized spacial score (nSPS) is 10.1. The zero-order valence-electron chi connectivity index (χ0n) is 7.83. The van der Waals surface area contributed by atoms with Crippen molar-refractivity contribution in [1.82, 2.24) is 0 Å². The van der Waals surface area contributed by atoms with Crippen LogP contribution in [0.2, 0.25) is 0 Å². The number of aryl methyl sites for hydroxylation is 1. The molecule has 0 aliphatic rings. The number of thioether (sulfide) groups is 1. The lowest BCUT2D eigenvalue weighted by atomic mass is 10.1. The number of rotatable bonds is 2. The van der Waals surface area contributed by atoms with Crippen molar-refractivity contribution in [3.05, 3.63) is 33.4 Å². The van der Waals surface area contributed by atoms with Gasteiger partial charge in [0.05, 0.1) is 4.92 Å². The lowest BCUT2D eigenvalue weighted by molar-refractivity contribution is -0.385. The van der Waals surface area contributed by atoms with E-state index in [1.54, 1.807) is 13.0 Å². The Hall–Kier alpha value is -1.03. The quantitative estimate of drug-likeness (QED) is 0.416. The third-order valence-electron chi connectivity index (χ3n) is 1.89. The third kappa shape index (κ3) is 2.01. The maximum absolute atomic E-state index is 10.6. The molecule has 1 aromatic rings. The largest absolute Gasteiger partial charge is 0.273 e. The first kappa shape index (κ1) is 10.1. The van der Waals surface area contributed by atoms with Gasteiger partial charge < -0.3 is 0 Å². The number of hydrogen-bond donors (Lipinski definition) is 0. The van der Waals surface area contributed by atoms with Gasteiger partial charge >= 0.3 is 0 Å². The van der Waals surface area contributed by atoms with Gasteiger partial charge in [-0.1, -0.05) is 0 Å². The fourth-order valence-corrected chi connectivity index (χ4v) is 1.92. The van der Waals surface area contributed by atoms with Crippen LogP contribution in [-0.4, -0.2) is 11.2 Å². The van der Waals surface area contributed by atoms with E-state index in [0.717, 1.165) is 16.0 Å². The van der Waals surface area contributed by atoms with Crippen LogP contribution < -0.4 is 0 Å². The Bertz CT molecular complexity index is 350. The predicted octanol–water partition coefficient (Wildman–Crippen LogP) is 2.93. The molecule has 70 valence electrons. The van der Waals surface area contributed by atoms with Gasteiger partial charge in [0.15, 0.2) is 0 Å². The van der Waals surface area contributed by atoms with Crippen molar-refractivity contribution in [1.29, 1.82) is 0 Å². The first-order chi connectivity index (χ1) is 6.06. The maximum Gasteiger partial charge on any atom is 0.273 e. The van der Waals surface area contributed by atoms with Crippen molar-refractivity contribution in [3.8, 4) is 0 Å². The fraction of sp³-hybridized carbons (Fsp3) is 0.333. The van der Waals surface area contributed by atoms with Crippen LogP contribution in [0.15, 0.2) is 17.0 Å². The third-order valence-corrected chi connectivity index (χ3v) is 2.76. The minimum atomic E-state index is -0.331. The summed E-state index contributed by atoms with van der Waals surface area (Å²) in [7, 11) is 0. The molecule has 3 nitrogen and oxygen atoms in total. The lowest BCUT2D eigenvalue weighted by Crippen LogP contribution is -1.94. The predicted molar refractivity (Wildman–Crippen MR) is 54.4 cm³/mol. The molecule has 0 fully saturated rings. The number of benzene rings is 1. The molecular formula is C9H11NO2S. The van der Waals surface area contributed by atoms with Crippen molar-refractivity contribution < 1.29 is 4.92 Å². The van der Waals surface area contributed by atoms with E-state index in [2.05, 4.69) is 0 Å². The van der Waals surface area contributed by atoms with Gasteiger partial charge in [-0.05, 0) is 31.7 Å². The fourth-order valence-electron chi connectivity index (χ4n) is 1.21. The number of nitro groups is 1. The minimum absolute atomic E-state index is 0.212. The zero-order valence-corrected chi connectivity index (χ0v) is 8.64. The molecule has 0 saturated carbocycles. The Morgan fingerprint density at radius 2 is 2.00 bits per heavy atom. The monoisotopic (exact) mass is 197 g/mol. The standard InChI is InChI=1S/C9H11NO2S/c1-6-4-8(10(11)12)7(2)9(5-6)13-3/h4-5H,1-3H3. The molecule has 0 unspecified atom stereocenters. The van der Waals surface area contributed by atoms with Gasteiger partial charge in [-0.25, -0.2) is 0 Å². The highest BCUT2D eigenvalue weighted by Gasteiger charge is 2.13. The van der Waals surface area contributed by atoms with Crippen LogP contribution >= 0.6 is 11.8 Å². The van der Waals surface area contributed by atoms with Crippen LogP contribution in [0.25, 0.3) is 0 Å². The maximum atomic E-state index is 10.6. The summed E-state index contributed by atoms with van der Waals surface area (Å²) in [6.07, 6.45) is 1.92. The van der Waals surface area contributed by atoms with Crippen molar-refractivity contribution in [2.24, 2.45) is 0 Å². The molecule has 0 bridgehead atoms. The second-order valence-electron chi connectivity index (χ2n) is 2.87. The Balaban J connectivity index is 3.35. The molecule has 0 aromatic heterocycles. The Kier molecular flexibility index (Phi) is 2.93. The zero-order chi connectivity index (χ0) is 10.0. The van der Waals surface area contributed by atoms with Crippen LogP contribution in [0.1, 0.15) is 11.1 Å². The molecule has 0 N–H and O–H groups in total. The summed E-state index contributed by atoms with van der Waals surface area (Å²) in [6, 6.07) is 3.57. The molecule has 0 amide bonds. The summed E-state index contributed by atoms with van der Waals surface area (Å²) in [4.78, 5) is 11.3. The number of nitro benzene ring substituents is 1. The summed E-state index contributed by atoms with van der Waals surface area (Å²) in [5.41, 5.74) is 1.90. The summed E-state index contributed by atoms with van der Waals surface area (Å²) in [6.45, 7) is 3.65. The van der Waals surface area contributed by atoms with Gasteiger partial charge in [-0.3, -0.25) is 10.1 Å². The topological polar surface area (TPSA) is 43.1 Å². The van der Waals surface area contributed by atoms with E-state index in [0.29, 0.717) is 0 Å². The molecule has 1 aromatic carbocycles. The Morgan fingerprint density at radius 3 is 2.46 bits per heavy atom. The van der Waals surface area contributed by atoms with E-state index in [1.165, 1.54) is 11.8 Å². The first-order valence-corrected chi connectivity index (χ1v) is 5.08. The van der Waals surface area contributed by atoms with E-state index in [1.807, 2.05) is 19.2 Å². The van der Waals surface area contributed by atoms with Gasteiger partial charge in [-0.15, -0.1) is 11.8 Å². The summed E-state index contributed by atoms with van der Waals surface area (Å²) < 4.78 is 0. The van der Waals surface area contributed by atoms with Crippen molar-refractivity contribution in [2.75, 3.05) is 6.26 Å². The van der Waals surface area contributed by atoms with Gasteiger partial charge in [0, 0.05) is 16.5 Å². The number of nitrogens with zero attached hydrogens (tertiary/aromatic N) is 1. The van der Waals surface area contributed by atoms with Gasteiger partial charge in [0.2, 0.25) is 0 Å². The van der Waals surface area contributed by atoms with Crippen molar-refractivity contribution in [2.45, 2.75) is 18.7 Å². The van der Waals surface area contributed by atoms with E-state index in [9.17, 15) is 10.1 Å². The molecule has 0 heterocycles. The van der Waals surface area contributed by atoms with Crippen LogP contribution in [-0.2, 0) is 0 Å². The van der Waals surface area contributed by atoms with E-state index in [-0.39, 0.29) is 10.6 Å². The van der Waals surface area contributed by atoms with Gasteiger partial charge in [0.1, 0.15) is 0 Å². The minimum Gasteiger partial charge on any atom is -0.258 e. The molecule has 0 aliphatic carbocycles. The molecule has 0 atom stereocenters. The number of hydrogen-bond acceptors (Lipinski definition) is 3. The Morgan fingerprint density at radius 1 is 1.38 bits per heavy atom. The Labute approximate surface area is 81.3 Å². The van der Waals surface area contributed by atoms with E-state index < -0.39 is 0 Å². The molecule has 1 rings (SSSR count). The van der Waals surface area contributed by atoms with E-state index in [4.69, 9.17) is 0 Å². The van der Waals surface area contributed by atoms with Crippen LogP contribution in [0, 0.1) is 24.0 Å². The highest BCUT2D eigenvalue weighted by atomic mass is 32.2. The highest BCUT2D eigenvalue weighted by Crippen LogP contribution is 2.29.